The molecule has 3 rings (SSSR count). The van der Waals surface area contributed by atoms with E-state index in [1.807, 2.05) is 30.3 Å². The molecule has 0 atom stereocenters. The molecule has 0 fully saturated rings. The SMILES string of the molecule is Cc1cc(C(=O)O)cc(C(=O)O)c1.O=C(O)c1cnn(-c2ccccc2)c1. The lowest BCUT2D eigenvalue weighted by Gasteiger charge is -1.99. The second-order valence-electron chi connectivity index (χ2n) is 5.51. The van der Waals surface area contributed by atoms with E-state index < -0.39 is 17.9 Å². The summed E-state index contributed by atoms with van der Waals surface area (Å²) < 4.78 is 1.53. The second kappa shape index (κ2) is 8.43. The van der Waals surface area contributed by atoms with Crippen LogP contribution in [0, 0.1) is 6.92 Å². The minimum atomic E-state index is -1.12. The molecular weight excluding hydrogens is 352 g/mol. The number of aryl methyl sites for hydroxylation is 1. The predicted molar refractivity (Wildman–Crippen MR) is 95.6 cm³/mol. The average molecular weight is 368 g/mol. The number of carboxylic acid groups (broad SMARTS) is 3. The van der Waals surface area contributed by atoms with Crippen molar-refractivity contribution in [3.05, 3.63) is 83.2 Å². The fourth-order valence-electron chi connectivity index (χ4n) is 2.19. The smallest absolute Gasteiger partial charge is 0.338 e. The van der Waals surface area contributed by atoms with E-state index in [1.165, 1.54) is 29.2 Å². The number of aromatic carboxylic acids is 3. The molecule has 0 amide bonds. The summed E-state index contributed by atoms with van der Waals surface area (Å²) in [5.41, 5.74) is 1.65. The van der Waals surface area contributed by atoms with Gasteiger partial charge in [-0.2, -0.15) is 5.10 Å². The number of para-hydroxylation sites is 1. The van der Waals surface area contributed by atoms with Crippen molar-refractivity contribution in [2.75, 3.05) is 0 Å². The van der Waals surface area contributed by atoms with Gasteiger partial charge in [-0.3, -0.25) is 0 Å². The highest BCUT2D eigenvalue weighted by molar-refractivity contribution is 5.94. The van der Waals surface area contributed by atoms with E-state index in [4.69, 9.17) is 15.3 Å². The van der Waals surface area contributed by atoms with Crippen LogP contribution in [0.1, 0.15) is 36.6 Å². The highest BCUT2D eigenvalue weighted by atomic mass is 16.4. The zero-order chi connectivity index (χ0) is 20.0. The summed E-state index contributed by atoms with van der Waals surface area (Å²) in [5, 5.41) is 29.9. The molecule has 0 saturated heterocycles. The number of aromatic nitrogens is 2. The third-order valence-electron chi connectivity index (χ3n) is 3.42. The van der Waals surface area contributed by atoms with Gasteiger partial charge in [0.1, 0.15) is 0 Å². The second-order valence-corrected chi connectivity index (χ2v) is 5.51. The maximum atomic E-state index is 10.6. The molecule has 8 nitrogen and oxygen atoms in total. The van der Waals surface area contributed by atoms with Gasteiger partial charge in [-0.25, -0.2) is 19.1 Å². The molecule has 0 radical (unpaired) electrons. The number of carboxylic acids is 3. The van der Waals surface area contributed by atoms with Gasteiger partial charge < -0.3 is 15.3 Å². The summed E-state index contributed by atoms with van der Waals surface area (Å²) in [7, 11) is 0. The van der Waals surface area contributed by atoms with E-state index >= 15 is 0 Å². The van der Waals surface area contributed by atoms with Crippen LogP contribution in [0.5, 0.6) is 0 Å². The van der Waals surface area contributed by atoms with Gasteiger partial charge in [-0.1, -0.05) is 18.2 Å². The molecule has 138 valence electrons. The Bertz CT molecular complexity index is 947. The van der Waals surface area contributed by atoms with E-state index in [-0.39, 0.29) is 16.7 Å². The Labute approximate surface area is 153 Å². The van der Waals surface area contributed by atoms with Crippen molar-refractivity contribution in [1.29, 1.82) is 0 Å². The Morgan fingerprint density at radius 1 is 0.815 bits per heavy atom. The van der Waals surface area contributed by atoms with Gasteiger partial charge in [-0.05, 0) is 42.8 Å². The normalized spacial score (nSPS) is 9.81. The van der Waals surface area contributed by atoms with E-state index in [0.29, 0.717) is 5.56 Å². The Morgan fingerprint density at radius 3 is 1.78 bits per heavy atom. The first-order valence-electron chi connectivity index (χ1n) is 7.69. The van der Waals surface area contributed by atoms with Crippen LogP contribution in [-0.2, 0) is 0 Å². The Hall–Kier alpha value is -3.94. The zero-order valence-corrected chi connectivity index (χ0v) is 14.2. The Balaban J connectivity index is 0.000000194. The molecule has 0 aliphatic carbocycles. The van der Waals surface area contributed by atoms with Crippen molar-refractivity contribution in [2.45, 2.75) is 6.92 Å². The van der Waals surface area contributed by atoms with E-state index in [1.54, 1.807) is 6.92 Å². The van der Waals surface area contributed by atoms with E-state index in [2.05, 4.69) is 5.10 Å². The minimum absolute atomic E-state index is 0.00241. The van der Waals surface area contributed by atoms with Crippen molar-refractivity contribution in [3.63, 3.8) is 0 Å². The molecule has 2 aromatic carbocycles. The number of nitrogens with zero attached hydrogens (tertiary/aromatic N) is 2. The maximum absolute atomic E-state index is 10.6. The number of benzene rings is 2. The van der Waals surface area contributed by atoms with Crippen LogP contribution in [0.15, 0.2) is 60.9 Å². The number of rotatable bonds is 4. The molecule has 0 aliphatic heterocycles. The third-order valence-corrected chi connectivity index (χ3v) is 3.42. The summed E-state index contributed by atoms with van der Waals surface area (Å²) >= 11 is 0. The van der Waals surface area contributed by atoms with Gasteiger partial charge in [-0.15, -0.1) is 0 Å². The van der Waals surface area contributed by atoms with Gasteiger partial charge >= 0.3 is 17.9 Å². The lowest BCUT2D eigenvalue weighted by atomic mass is 10.1. The number of hydrogen-bond acceptors (Lipinski definition) is 4. The van der Waals surface area contributed by atoms with Crippen LogP contribution in [0.3, 0.4) is 0 Å². The summed E-state index contributed by atoms with van der Waals surface area (Å²) in [5.74, 6) is -3.20. The first-order chi connectivity index (χ1) is 12.8. The Kier molecular flexibility index (Phi) is 6.06. The molecule has 3 aromatic rings. The standard InChI is InChI=1S/C10H8N2O2.C9H8O4/c13-10(14)8-6-11-12(7-8)9-4-2-1-3-5-9;1-5-2-6(8(10)11)4-7(3-5)9(12)13/h1-7H,(H,13,14);2-4H,1H3,(H,10,11)(H,12,13). The van der Waals surface area contributed by atoms with Crippen molar-refractivity contribution in [2.24, 2.45) is 0 Å². The topological polar surface area (TPSA) is 130 Å². The van der Waals surface area contributed by atoms with Gasteiger partial charge in [0.2, 0.25) is 0 Å². The molecule has 0 saturated carbocycles. The first-order valence-corrected chi connectivity index (χ1v) is 7.69. The highest BCUT2D eigenvalue weighted by Crippen LogP contribution is 2.10. The summed E-state index contributed by atoms with van der Waals surface area (Å²) in [6, 6.07) is 13.3. The third kappa shape index (κ3) is 5.27. The van der Waals surface area contributed by atoms with E-state index in [9.17, 15) is 14.4 Å². The van der Waals surface area contributed by atoms with Gasteiger partial charge in [0, 0.05) is 6.20 Å². The van der Waals surface area contributed by atoms with Gasteiger partial charge in [0.25, 0.3) is 0 Å². The molecule has 27 heavy (non-hydrogen) atoms. The number of carbonyl (C=O) groups is 3. The molecule has 0 spiro atoms. The average Bonchev–Trinajstić information content (AvgIpc) is 3.13. The zero-order valence-electron chi connectivity index (χ0n) is 14.2. The van der Waals surface area contributed by atoms with E-state index in [0.717, 1.165) is 11.8 Å². The lowest BCUT2D eigenvalue weighted by molar-refractivity contribution is 0.0682. The van der Waals surface area contributed by atoms with Crippen molar-refractivity contribution in [3.8, 4) is 5.69 Å². The largest absolute Gasteiger partial charge is 0.478 e. The molecule has 8 heteroatoms. The fraction of sp³-hybridized carbons (Fsp3) is 0.0526. The summed E-state index contributed by atoms with van der Waals surface area (Å²) in [6.07, 6.45) is 2.81. The molecule has 3 N–H and O–H groups in total. The number of hydrogen-bond donors (Lipinski definition) is 3. The highest BCUT2D eigenvalue weighted by Gasteiger charge is 2.09. The summed E-state index contributed by atoms with van der Waals surface area (Å²) in [6.45, 7) is 1.65. The molecule has 0 bridgehead atoms. The fourth-order valence-corrected chi connectivity index (χ4v) is 2.19. The van der Waals surface area contributed by atoms with Crippen LogP contribution in [-0.4, -0.2) is 43.0 Å². The minimum Gasteiger partial charge on any atom is -0.478 e. The Morgan fingerprint density at radius 2 is 1.33 bits per heavy atom. The monoisotopic (exact) mass is 368 g/mol. The molecular formula is C19H16N2O6. The van der Waals surface area contributed by atoms with Crippen molar-refractivity contribution >= 4 is 17.9 Å². The maximum Gasteiger partial charge on any atom is 0.338 e. The molecule has 1 heterocycles. The van der Waals surface area contributed by atoms with Crippen LogP contribution in [0.4, 0.5) is 0 Å². The van der Waals surface area contributed by atoms with Gasteiger partial charge in [0.15, 0.2) is 0 Å². The van der Waals surface area contributed by atoms with Crippen LogP contribution >= 0.6 is 0 Å². The van der Waals surface area contributed by atoms with Gasteiger partial charge in [0.05, 0.1) is 28.6 Å². The molecule has 0 unspecified atom stereocenters. The lowest BCUT2D eigenvalue weighted by Crippen LogP contribution is -2.02. The van der Waals surface area contributed by atoms with Crippen LogP contribution < -0.4 is 0 Å². The van der Waals surface area contributed by atoms with Crippen LogP contribution in [0.2, 0.25) is 0 Å². The van der Waals surface area contributed by atoms with Crippen LogP contribution in [0.25, 0.3) is 5.69 Å². The first kappa shape index (κ1) is 19.4. The van der Waals surface area contributed by atoms with Crippen molar-refractivity contribution in [1.82, 2.24) is 9.78 Å². The summed E-state index contributed by atoms with van der Waals surface area (Å²) in [4.78, 5) is 31.7. The quantitative estimate of drug-likeness (QED) is 0.645. The predicted octanol–water partition coefficient (Wildman–Crippen LogP) is 2.96. The molecule has 0 aliphatic rings. The van der Waals surface area contributed by atoms with Crippen molar-refractivity contribution < 1.29 is 29.7 Å². The molecule has 1 aromatic heterocycles.